The fraction of sp³-hybridized carbons (Fsp3) is 0.214. The molecular formula is C14H11N7O3S. The molecular weight excluding hydrogens is 346 g/mol. The topological polar surface area (TPSA) is 129 Å². The van der Waals surface area contributed by atoms with Crippen molar-refractivity contribution in [3.05, 3.63) is 51.5 Å². The van der Waals surface area contributed by atoms with Crippen LogP contribution in [0, 0.1) is 10.1 Å². The van der Waals surface area contributed by atoms with Gasteiger partial charge in [-0.05, 0) is 25.0 Å². The van der Waals surface area contributed by atoms with E-state index in [0.717, 1.165) is 17.8 Å². The first kappa shape index (κ1) is 15.3. The predicted molar refractivity (Wildman–Crippen MR) is 87.9 cm³/mol. The van der Waals surface area contributed by atoms with Crippen molar-refractivity contribution < 1.29 is 9.72 Å². The molecule has 0 unspecified atom stereocenters. The van der Waals surface area contributed by atoms with E-state index < -0.39 is 10.8 Å². The van der Waals surface area contributed by atoms with E-state index >= 15 is 0 Å². The highest BCUT2D eigenvalue weighted by Gasteiger charge is 2.28. The number of nitrogens with zero attached hydrogens (tertiary/aromatic N) is 6. The van der Waals surface area contributed by atoms with Crippen molar-refractivity contribution in [3.8, 4) is 5.69 Å². The number of hydrogen-bond donors (Lipinski definition) is 1. The highest BCUT2D eigenvalue weighted by Crippen LogP contribution is 2.42. The Kier molecular flexibility index (Phi) is 3.69. The molecule has 1 saturated carbocycles. The number of nitro benzene ring substituents is 1. The van der Waals surface area contributed by atoms with E-state index in [0.29, 0.717) is 11.0 Å². The monoisotopic (exact) mass is 357 g/mol. The third kappa shape index (κ3) is 3.08. The van der Waals surface area contributed by atoms with Gasteiger partial charge >= 0.3 is 0 Å². The van der Waals surface area contributed by atoms with Crippen LogP contribution in [0.25, 0.3) is 5.69 Å². The molecule has 2 heterocycles. The number of benzene rings is 1. The summed E-state index contributed by atoms with van der Waals surface area (Å²) in [5.74, 6) is -0.0297. The van der Waals surface area contributed by atoms with Crippen LogP contribution in [0.5, 0.6) is 0 Å². The van der Waals surface area contributed by atoms with Crippen LogP contribution in [-0.2, 0) is 0 Å². The van der Waals surface area contributed by atoms with Crippen molar-refractivity contribution in [1.82, 2.24) is 25.0 Å². The second-order valence-electron chi connectivity index (χ2n) is 5.47. The lowest BCUT2D eigenvalue weighted by molar-refractivity contribution is -0.384. The molecule has 1 aliphatic carbocycles. The molecule has 11 heteroatoms. The van der Waals surface area contributed by atoms with Gasteiger partial charge in [0.05, 0.1) is 4.92 Å². The summed E-state index contributed by atoms with van der Waals surface area (Å²) in [6.07, 6.45) is 4.82. The number of rotatable bonds is 5. The molecule has 25 heavy (non-hydrogen) atoms. The molecule has 0 bridgehead atoms. The lowest BCUT2D eigenvalue weighted by Gasteiger charge is -2.05. The van der Waals surface area contributed by atoms with Crippen molar-refractivity contribution in [2.75, 3.05) is 5.32 Å². The minimum Gasteiger partial charge on any atom is -0.296 e. The molecule has 1 amide bonds. The van der Waals surface area contributed by atoms with Gasteiger partial charge in [-0.15, -0.1) is 10.2 Å². The number of carbonyl (C=O) groups is 1. The number of anilines is 1. The number of carbonyl (C=O) groups excluding carboxylic acids is 1. The molecule has 1 N–H and O–H groups in total. The molecule has 126 valence electrons. The Hall–Kier alpha value is -3.21. The largest absolute Gasteiger partial charge is 0.296 e. The molecule has 0 spiro atoms. The lowest BCUT2D eigenvalue weighted by Crippen LogP contribution is -2.13. The first-order valence-corrected chi connectivity index (χ1v) is 8.21. The minimum atomic E-state index is -0.566. The van der Waals surface area contributed by atoms with Gasteiger partial charge in [0, 0.05) is 17.5 Å². The Morgan fingerprint density at radius 2 is 2.20 bits per heavy atom. The van der Waals surface area contributed by atoms with Crippen molar-refractivity contribution in [1.29, 1.82) is 0 Å². The fourth-order valence-electron chi connectivity index (χ4n) is 2.29. The summed E-state index contributed by atoms with van der Waals surface area (Å²) in [4.78, 5) is 26.9. The summed E-state index contributed by atoms with van der Waals surface area (Å²) < 4.78 is 1.27. The second kappa shape index (κ2) is 6.02. The zero-order valence-corrected chi connectivity index (χ0v) is 13.5. The number of aromatic nitrogens is 5. The molecule has 0 aliphatic heterocycles. The fourth-order valence-corrected chi connectivity index (χ4v) is 3.19. The van der Waals surface area contributed by atoms with Gasteiger partial charge in [-0.1, -0.05) is 11.3 Å². The summed E-state index contributed by atoms with van der Waals surface area (Å²) in [6.45, 7) is 0. The van der Waals surface area contributed by atoms with Gasteiger partial charge in [-0.25, -0.2) is 9.67 Å². The average Bonchev–Trinajstić information content (AvgIpc) is 3.11. The van der Waals surface area contributed by atoms with E-state index in [4.69, 9.17) is 0 Å². The zero-order chi connectivity index (χ0) is 17.4. The summed E-state index contributed by atoms with van der Waals surface area (Å²) in [7, 11) is 0. The normalized spacial score (nSPS) is 13.6. The number of amides is 1. The highest BCUT2D eigenvalue weighted by atomic mass is 32.1. The molecule has 0 atom stereocenters. The molecule has 4 rings (SSSR count). The van der Waals surface area contributed by atoms with Crippen LogP contribution in [0.15, 0.2) is 30.9 Å². The maximum absolute atomic E-state index is 12.4. The van der Waals surface area contributed by atoms with Crippen molar-refractivity contribution in [2.24, 2.45) is 0 Å². The molecule has 0 saturated heterocycles. The Morgan fingerprint density at radius 1 is 1.36 bits per heavy atom. The minimum absolute atomic E-state index is 0.152. The van der Waals surface area contributed by atoms with Crippen molar-refractivity contribution in [2.45, 2.75) is 18.8 Å². The van der Waals surface area contributed by atoms with Gasteiger partial charge in [0.2, 0.25) is 5.13 Å². The van der Waals surface area contributed by atoms with Gasteiger partial charge in [-0.3, -0.25) is 20.2 Å². The third-order valence-corrected chi connectivity index (χ3v) is 4.69. The first-order valence-electron chi connectivity index (χ1n) is 7.40. The van der Waals surface area contributed by atoms with Gasteiger partial charge in [0.15, 0.2) is 0 Å². The average molecular weight is 357 g/mol. The van der Waals surface area contributed by atoms with Gasteiger partial charge in [0.1, 0.15) is 23.3 Å². The van der Waals surface area contributed by atoms with Crippen LogP contribution < -0.4 is 5.32 Å². The Balaban J connectivity index is 1.59. The standard InChI is InChI=1S/C14H11N7O3S/c22-12(17-14-19-18-13(25-14)8-1-2-8)9-3-4-10(11(5-9)21(23)24)20-7-15-6-16-20/h3-8H,1-2H2,(H,17,19,22). The van der Waals surface area contributed by atoms with Crippen LogP contribution in [0.2, 0.25) is 0 Å². The lowest BCUT2D eigenvalue weighted by atomic mass is 10.1. The van der Waals surface area contributed by atoms with Crippen LogP contribution >= 0.6 is 11.3 Å². The maximum atomic E-state index is 12.4. The van der Waals surface area contributed by atoms with E-state index in [1.165, 1.54) is 46.9 Å². The highest BCUT2D eigenvalue weighted by molar-refractivity contribution is 7.15. The van der Waals surface area contributed by atoms with Crippen LogP contribution in [-0.4, -0.2) is 35.8 Å². The summed E-state index contributed by atoms with van der Waals surface area (Å²) in [5.41, 5.74) is 0.138. The zero-order valence-electron chi connectivity index (χ0n) is 12.7. The Morgan fingerprint density at radius 3 is 2.88 bits per heavy atom. The van der Waals surface area contributed by atoms with E-state index in [1.807, 2.05) is 0 Å². The number of nitro groups is 1. The Labute approximate surface area is 144 Å². The molecule has 10 nitrogen and oxygen atoms in total. The summed E-state index contributed by atoms with van der Waals surface area (Å²) >= 11 is 1.33. The quantitative estimate of drug-likeness (QED) is 0.547. The maximum Gasteiger partial charge on any atom is 0.295 e. The second-order valence-corrected chi connectivity index (χ2v) is 6.48. The number of hydrogen-bond acceptors (Lipinski definition) is 8. The molecule has 1 fully saturated rings. The molecule has 0 radical (unpaired) electrons. The van der Waals surface area contributed by atoms with E-state index in [2.05, 4.69) is 25.6 Å². The van der Waals surface area contributed by atoms with Crippen molar-refractivity contribution in [3.63, 3.8) is 0 Å². The van der Waals surface area contributed by atoms with Crippen LogP contribution in [0.4, 0.5) is 10.8 Å². The molecule has 1 aromatic carbocycles. The Bertz CT molecular complexity index is 949. The van der Waals surface area contributed by atoms with Gasteiger partial charge in [0.25, 0.3) is 11.6 Å². The van der Waals surface area contributed by atoms with E-state index in [1.54, 1.807) is 0 Å². The van der Waals surface area contributed by atoms with Gasteiger partial charge in [-0.2, -0.15) is 5.10 Å². The number of nitrogens with one attached hydrogen (secondary N) is 1. The first-order chi connectivity index (χ1) is 12.1. The van der Waals surface area contributed by atoms with Crippen LogP contribution in [0.1, 0.15) is 34.1 Å². The van der Waals surface area contributed by atoms with E-state index in [9.17, 15) is 14.9 Å². The third-order valence-electron chi connectivity index (χ3n) is 3.69. The molecule has 3 aromatic rings. The SMILES string of the molecule is O=C(Nc1nnc(C2CC2)s1)c1ccc(-n2cncn2)c([N+](=O)[O-])c1. The van der Waals surface area contributed by atoms with E-state index in [-0.39, 0.29) is 16.9 Å². The molecule has 2 aromatic heterocycles. The molecule has 1 aliphatic rings. The summed E-state index contributed by atoms with van der Waals surface area (Å²) in [5, 5.41) is 27.1. The van der Waals surface area contributed by atoms with Crippen LogP contribution in [0.3, 0.4) is 0 Å². The summed E-state index contributed by atoms with van der Waals surface area (Å²) in [6, 6.07) is 4.15. The smallest absolute Gasteiger partial charge is 0.295 e. The predicted octanol–water partition coefficient (Wildman–Crippen LogP) is 2.16. The van der Waals surface area contributed by atoms with Gasteiger partial charge < -0.3 is 0 Å². The van der Waals surface area contributed by atoms with Crippen molar-refractivity contribution >= 4 is 28.1 Å².